The minimum absolute atomic E-state index is 0.0376. The average molecular weight is 348 g/mol. The van der Waals surface area contributed by atoms with Crippen molar-refractivity contribution in [3.63, 3.8) is 0 Å². The smallest absolute Gasteiger partial charge is 0.255 e. The Balaban J connectivity index is 1.80. The van der Waals surface area contributed by atoms with Crippen molar-refractivity contribution >= 4 is 23.5 Å². The van der Waals surface area contributed by atoms with Crippen LogP contribution in [-0.2, 0) is 0 Å². The summed E-state index contributed by atoms with van der Waals surface area (Å²) in [7, 11) is 3.63. The van der Waals surface area contributed by atoms with Gasteiger partial charge in [-0.15, -0.1) is 0 Å². The van der Waals surface area contributed by atoms with Crippen LogP contribution in [0.15, 0.2) is 29.3 Å². The number of nitrogens with one attached hydrogen (secondary N) is 1. The first kappa shape index (κ1) is 16.4. The standard InChI is InChI=1S/C16H18ClN5O2/c1-21(2)16-19-13(7-14(23)20-16)10-4-6-22(9-10)15(24)11-3-5-18-8-12(11)17/h3,5,7-8,10H,4,6,9H2,1-2H3,(H,19,20,23). The molecule has 1 aliphatic heterocycles. The Hall–Kier alpha value is -2.41. The minimum atomic E-state index is -0.189. The van der Waals surface area contributed by atoms with E-state index in [2.05, 4.69) is 15.0 Å². The summed E-state index contributed by atoms with van der Waals surface area (Å²) in [6, 6.07) is 3.12. The van der Waals surface area contributed by atoms with E-state index in [1.54, 1.807) is 22.1 Å². The summed E-state index contributed by atoms with van der Waals surface area (Å²) in [5, 5.41) is 0.343. The fourth-order valence-electron chi connectivity index (χ4n) is 2.79. The number of aromatic nitrogens is 3. The Kier molecular flexibility index (Phi) is 4.53. The highest BCUT2D eigenvalue weighted by molar-refractivity contribution is 6.33. The number of halogens is 1. The van der Waals surface area contributed by atoms with Gasteiger partial charge in [0.05, 0.1) is 16.3 Å². The number of rotatable bonds is 3. The van der Waals surface area contributed by atoms with Gasteiger partial charge in [0.15, 0.2) is 0 Å². The lowest BCUT2D eigenvalue weighted by Gasteiger charge is -2.18. The second-order valence-electron chi connectivity index (χ2n) is 5.98. The molecule has 1 unspecified atom stereocenters. The van der Waals surface area contributed by atoms with E-state index in [9.17, 15) is 9.59 Å². The van der Waals surface area contributed by atoms with Crippen LogP contribution < -0.4 is 10.5 Å². The summed E-state index contributed by atoms with van der Waals surface area (Å²) >= 11 is 6.05. The summed E-state index contributed by atoms with van der Waals surface area (Å²) in [4.78, 5) is 39.0. The van der Waals surface area contributed by atoms with E-state index in [0.29, 0.717) is 35.3 Å². The van der Waals surface area contributed by atoms with Crippen molar-refractivity contribution in [2.75, 3.05) is 32.1 Å². The molecule has 1 amide bonds. The number of aromatic amines is 1. The first-order chi connectivity index (χ1) is 11.5. The minimum Gasteiger partial charge on any atom is -0.348 e. The van der Waals surface area contributed by atoms with Crippen molar-refractivity contribution < 1.29 is 4.79 Å². The molecule has 0 aromatic carbocycles. The maximum Gasteiger partial charge on any atom is 0.255 e. The fourth-order valence-corrected chi connectivity index (χ4v) is 2.99. The Labute approximate surface area is 144 Å². The lowest BCUT2D eigenvalue weighted by atomic mass is 10.1. The molecule has 3 heterocycles. The zero-order valence-electron chi connectivity index (χ0n) is 13.5. The molecule has 1 fully saturated rings. The third-order valence-corrected chi connectivity index (χ3v) is 4.37. The molecule has 2 aromatic heterocycles. The van der Waals surface area contributed by atoms with E-state index in [-0.39, 0.29) is 17.4 Å². The van der Waals surface area contributed by atoms with Gasteiger partial charge in [0.2, 0.25) is 5.95 Å². The molecular weight excluding hydrogens is 330 g/mol. The van der Waals surface area contributed by atoms with Crippen molar-refractivity contribution in [2.24, 2.45) is 0 Å². The molecule has 0 saturated carbocycles. The normalized spacial score (nSPS) is 17.1. The maximum absolute atomic E-state index is 12.6. The van der Waals surface area contributed by atoms with Crippen molar-refractivity contribution in [1.29, 1.82) is 0 Å². The SMILES string of the molecule is CN(C)c1nc(C2CCN(C(=O)c3ccncc3Cl)C2)cc(=O)[nH]1. The second kappa shape index (κ2) is 6.60. The molecule has 8 heteroatoms. The molecule has 24 heavy (non-hydrogen) atoms. The molecule has 3 rings (SSSR count). The first-order valence-corrected chi connectivity index (χ1v) is 8.01. The summed E-state index contributed by atoms with van der Waals surface area (Å²) in [6.45, 7) is 1.12. The van der Waals surface area contributed by atoms with Gasteiger partial charge in [-0.3, -0.25) is 19.6 Å². The molecule has 1 atom stereocenters. The van der Waals surface area contributed by atoms with Crippen molar-refractivity contribution in [3.05, 3.63) is 51.2 Å². The highest BCUT2D eigenvalue weighted by Crippen LogP contribution is 2.28. The molecule has 0 aliphatic carbocycles. The number of hydrogen-bond acceptors (Lipinski definition) is 5. The van der Waals surface area contributed by atoms with Crippen LogP contribution in [0.3, 0.4) is 0 Å². The lowest BCUT2D eigenvalue weighted by molar-refractivity contribution is 0.0790. The van der Waals surface area contributed by atoms with Crippen LogP contribution in [0.5, 0.6) is 0 Å². The number of carbonyl (C=O) groups is 1. The summed E-state index contributed by atoms with van der Waals surface area (Å²) in [6.07, 6.45) is 3.77. The third-order valence-electron chi connectivity index (χ3n) is 4.07. The average Bonchev–Trinajstić information content (AvgIpc) is 3.04. The van der Waals surface area contributed by atoms with Gasteiger partial charge in [0.1, 0.15) is 0 Å². The highest BCUT2D eigenvalue weighted by Gasteiger charge is 2.30. The van der Waals surface area contributed by atoms with Crippen molar-refractivity contribution in [3.8, 4) is 0 Å². The maximum atomic E-state index is 12.6. The van der Waals surface area contributed by atoms with Crippen molar-refractivity contribution in [1.82, 2.24) is 19.9 Å². The summed E-state index contributed by atoms with van der Waals surface area (Å²) in [5.74, 6) is 0.428. The van der Waals surface area contributed by atoms with Gasteiger partial charge in [0, 0.05) is 51.6 Å². The number of carbonyl (C=O) groups excluding carboxylic acids is 1. The van der Waals surface area contributed by atoms with Gasteiger partial charge in [-0.25, -0.2) is 4.98 Å². The van der Waals surface area contributed by atoms with Gasteiger partial charge >= 0.3 is 0 Å². The largest absolute Gasteiger partial charge is 0.348 e. The molecule has 0 radical (unpaired) electrons. The third kappa shape index (κ3) is 3.26. The molecule has 7 nitrogen and oxygen atoms in total. The predicted molar refractivity (Wildman–Crippen MR) is 91.7 cm³/mol. The van der Waals surface area contributed by atoms with E-state index in [0.717, 1.165) is 6.42 Å². The van der Waals surface area contributed by atoms with E-state index in [1.807, 2.05) is 14.1 Å². The molecule has 1 saturated heterocycles. The number of H-pyrrole nitrogens is 1. The predicted octanol–water partition coefficient (Wildman–Crippen LogP) is 1.51. The van der Waals surface area contributed by atoms with Crippen LogP contribution >= 0.6 is 11.6 Å². The second-order valence-corrected chi connectivity index (χ2v) is 6.39. The van der Waals surface area contributed by atoms with Gasteiger partial charge in [0.25, 0.3) is 11.5 Å². The van der Waals surface area contributed by atoms with E-state index in [1.165, 1.54) is 12.3 Å². The number of pyridine rings is 1. The summed E-state index contributed by atoms with van der Waals surface area (Å²) in [5.41, 5.74) is 0.962. The zero-order chi connectivity index (χ0) is 17.3. The molecule has 0 spiro atoms. The number of likely N-dealkylation sites (tertiary alicyclic amines) is 1. The number of anilines is 1. The van der Waals surface area contributed by atoms with Crippen LogP contribution in [0.25, 0.3) is 0 Å². The molecule has 1 aliphatic rings. The number of hydrogen-bond donors (Lipinski definition) is 1. The topological polar surface area (TPSA) is 82.2 Å². The fraction of sp³-hybridized carbons (Fsp3) is 0.375. The monoisotopic (exact) mass is 347 g/mol. The number of nitrogens with zero attached hydrogens (tertiary/aromatic N) is 4. The summed E-state index contributed by atoms with van der Waals surface area (Å²) < 4.78 is 0. The van der Waals surface area contributed by atoms with E-state index < -0.39 is 0 Å². The number of amides is 1. The highest BCUT2D eigenvalue weighted by atomic mass is 35.5. The molecular formula is C16H18ClN5O2. The van der Waals surface area contributed by atoms with E-state index >= 15 is 0 Å². The Bertz CT molecular complexity index is 820. The lowest BCUT2D eigenvalue weighted by Crippen LogP contribution is -2.29. The quantitative estimate of drug-likeness (QED) is 0.910. The Morgan fingerprint density at radius 3 is 2.96 bits per heavy atom. The molecule has 1 N–H and O–H groups in total. The van der Waals surface area contributed by atoms with Gasteiger partial charge in [-0.2, -0.15) is 0 Å². The Morgan fingerprint density at radius 1 is 1.46 bits per heavy atom. The van der Waals surface area contributed by atoms with Crippen LogP contribution in [0.4, 0.5) is 5.95 Å². The zero-order valence-corrected chi connectivity index (χ0v) is 14.2. The van der Waals surface area contributed by atoms with Gasteiger partial charge in [-0.05, 0) is 12.5 Å². The van der Waals surface area contributed by atoms with Crippen LogP contribution in [0, 0.1) is 0 Å². The molecule has 126 valence electrons. The van der Waals surface area contributed by atoms with E-state index in [4.69, 9.17) is 11.6 Å². The van der Waals surface area contributed by atoms with Crippen LogP contribution in [0.2, 0.25) is 5.02 Å². The van der Waals surface area contributed by atoms with Gasteiger partial charge in [-0.1, -0.05) is 11.6 Å². The molecule has 0 bridgehead atoms. The van der Waals surface area contributed by atoms with Gasteiger partial charge < -0.3 is 9.80 Å². The van der Waals surface area contributed by atoms with Crippen molar-refractivity contribution in [2.45, 2.75) is 12.3 Å². The Morgan fingerprint density at radius 2 is 2.25 bits per heavy atom. The van der Waals surface area contributed by atoms with Crippen LogP contribution in [-0.4, -0.2) is 52.9 Å². The molecule has 2 aromatic rings. The van der Waals surface area contributed by atoms with Crippen LogP contribution in [0.1, 0.15) is 28.4 Å². The first-order valence-electron chi connectivity index (χ1n) is 7.63.